The molecule has 0 spiro atoms. The number of carboxylic acids is 1. The summed E-state index contributed by atoms with van der Waals surface area (Å²) in [5.41, 5.74) is 1.71. The van der Waals surface area contributed by atoms with E-state index in [2.05, 4.69) is 22.7 Å². The van der Waals surface area contributed by atoms with Crippen LogP contribution in [-0.4, -0.2) is 28.7 Å². The van der Waals surface area contributed by atoms with E-state index in [0.29, 0.717) is 17.0 Å². The van der Waals surface area contributed by atoms with E-state index >= 15 is 0 Å². The summed E-state index contributed by atoms with van der Waals surface area (Å²) < 4.78 is 5.15. The third-order valence-electron chi connectivity index (χ3n) is 3.14. The predicted octanol–water partition coefficient (Wildman–Crippen LogP) is 2.05. The van der Waals surface area contributed by atoms with Gasteiger partial charge in [-0.1, -0.05) is 30.6 Å². The maximum atomic E-state index is 12.3. The summed E-state index contributed by atoms with van der Waals surface area (Å²) in [5.74, 6) is -0.727. The molecule has 0 atom stereocenters. The summed E-state index contributed by atoms with van der Waals surface area (Å²) in [6.07, 6.45) is 1.81. The molecule has 23 heavy (non-hydrogen) atoms. The van der Waals surface area contributed by atoms with Gasteiger partial charge in [0.25, 0.3) is 5.91 Å². The zero-order valence-electron chi connectivity index (χ0n) is 12.8. The Morgan fingerprint density at radius 1 is 1.30 bits per heavy atom. The number of carbonyl (C=O) groups is 2. The molecular formula is C16H19N3O4. The molecule has 1 amide bonds. The van der Waals surface area contributed by atoms with Crippen molar-refractivity contribution in [2.45, 2.75) is 26.3 Å². The fourth-order valence-electron chi connectivity index (χ4n) is 2.08. The Hall–Kier alpha value is -2.83. The molecule has 0 bridgehead atoms. The second-order valence-electron chi connectivity index (χ2n) is 5.01. The topological polar surface area (TPSA) is 104 Å². The molecule has 1 aromatic carbocycles. The first kappa shape index (κ1) is 16.5. The van der Waals surface area contributed by atoms with Crippen molar-refractivity contribution >= 4 is 17.6 Å². The highest BCUT2D eigenvalue weighted by Crippen LogP contribution is 2.15. The molecule has 0 aliphatic heterocycles. The van der Waals surface area contributed by atoms with Crippen LogP contribution >= 0.6 is 0 Å². The first-order chi connectivity index (χ1) is 11.1. The molecule has 7 nitrogen and oxygen atoms in total. The molecular weight excluding hydrogens is 298 g/mol. The third kappa shape index (κ3) is 4.84. The van der Waals surface area contributed by atoms with Crippen LogP contribution in [0.1, 0.15) is 35.2 Å². The molecule has 0 unspecified atom stereocenters. The minimum absolute atomic E-state index is 0.225. The van der Waals surface area contributed by atoms with Gasteiger partial charge in [-0.25, -0.2) is 0 Å². The standard InChI is InChI=1S/C16H19N3O4/c1-2-5-11-8-12(23-19-11)9-18-16(22)13-6-3-4-7-14(13)17-10-15(20)21/h3-4,6-8,17H,2,5,9-10H2,1H3,(H,18,22)(H,20,21). The number of para-hydroxylation sites is 1. The molecule has 0 saturated heterocycles. The van der Waals surface area contributed by atoms with Crippen LogP contribution in [0.5, 0.6) is 0 Å². The number of nitrogens with one attached hydrogen (secondary N) is 2. The van der Waals surface area contributed by atoms with Crippen LogP contribution in [0.2, 0.25) is 0 Å². The molecule has 2 aromatic rings. The van der Waals surface area contributed by atoms with Gasteiger partial charge in [0, 0.05) is 11.8 Å². The lowest BCUT2D eigenvalue weighted by molar-refractivity contribution is -0.134. The van der Waals surface area contributed by atoms with Crippen LogP contribution in [0.15, 0.2) is 34.9 Å². The Kier molecular flexibility index (Phi) is 5.74. The van der Waals surface area contributed by atoms with Gasteiger partial charge >= 0.3 is 5.97 Å². The van der Waals surface area contributed by atoms with Crippen LogP contribution < -0.4 is 10.6 Å². The largest absolute Gasteiger partial charge is 0.480 e. The van der Waals surface area contributed by atoms with Crippen LogP contribution in [0.25, 0.3) is 0 Å². The van der Waals surface area contributed by atoms with E-state index in [1.165, 1.54) is 0 Å². The van der Waals surface area contributed by atoms with Crippen molar-refractivity contribution < 1.29 is 19.2 Å². The summed E-state index contributed by atoms with van der Waals surface area (Å²) in [6.45, 7) is 2.02. The summed E-state index contributed by atoms with van der Waals surface area (Å²) in [6, 6.07) is 8.55. The van der Waals surface area contributed by atoms with Gasteiger partial charge in [0.2, 0.25) is 0 Å². The summed E-state index contributed by atoms with van der Waals surface area (Å²) in [5, 5.41) is 18.1. The van der Waals surface area contributed by atoms with Crippen LogP contribution in [0, 0.1) is 0 Å². The highest BCUT2D eigenvalue weighted by Gasteiger charge is 2.12. The van der Waals surface area contributed by atoms with E-state index in [4.69, 9.17) is 9.63 Å². The quantitative estimate of drug-likeness (QED) is 0.688. The molecule has 122 valence electrons. The maximum Gasteiger partial charge on any atom is 0.322 e. The van der Waals surface area contributed by atoms with E-state index in [1.807, 2.05) is 6.07 Å². The molecule has 0 aliphatic rings. The lowest BCUT2D eigenvalue weighted by Crippen LogP contribution is -2.24. The number of aromatic nitrogens is 1. The van der Waals surface area contributed by atoms with Gasteiger partial charge in [-0.3, -0.25) is 9.59 Å². The van der Waals surface area contributed by atoms with Crippen LogP contribution in [0.4, 0.5) is 5.69 Å². The SMILES string of the molecule is CCCc1cc(CNC(=O)c2ccccc2NCC(=O)O)on1. The molecule has 7 heteroatoms. The number of anilines is 1. The van der Waals surface area contributed by atoms with Crippen molar-refractivity contribution in [1.82, 2.24) is 10.5 Å². The van der Waals surface area contributed by atoms with E-state index in [-0.39, 0.29) is 19.0 Å². The fraction of sp³-hybridized carbons (Fsp3) is 0.312. The Labute approximate surface area is 133 Å². The predicted molar refractivity (Wildman–Crippen MR) is 84.2 cm³/mol. The number of hydrogen-bond acceptors (Lipinski definition) is 5. The van der Waals surface area contributed by atoms with Gasteiger partial charge in [0.05, 0.1) is 17.8 Å². The molecule has 3 N–H and O–H groups in total. The average molecular weight is 317 g/mol. The maximum absolute atomic E-state index is 12.3. The number of rotatable bonds is 8. The van der Waals surface area contributed by atoms with Gasteiger partial charge < -0.3 is 20.3 Å². The lowest BCUT2D eigenvalue weighted by atomic mass is 10.1. The number of nitrogens with zero attached hydrogens (tertiary/aromatic N) is 1. The van der Waals surface area contributed by atoms with Crippen molar-refractivity contribution in [1.29, 1.82) is 0 Å². The van der Waals surface area contributed by atoms with Gasteiger partial charge in [0.15, 0.2) is 5.76 Å². The van der Waals surface area contributed by atoms with E-state index < -0.39 is 5.97 Å². The van der Waals surface area contributed by atoms with Gasteiger partial charge in [-0.15, -0.1) is 0 Å². The Morgan fingerprint density at radius 3 is 2.83 bits per heavy atom. The Balaban J connectivity index is 1.98. The minimum Gasteiger partial charge on any atom is -0.480 e. The fourth-order valence-corrected chi connectivity index (χ4v) is 2.08. The first-order valence-electron chi connectivity index (χ1n) is 7.37. The molecule has 0 saturated carbocycles. The number of benzene rings is 1. The van der Waals surface area contributed by atoms with E-state index in [1.54, 1.807) is 24.3 Å². The Morgan fingerprint density at radius 2 is 2.09 bits per heavy atom. The summed E-state index contributed by atoms with van der Waals surface area (Å²) >= 11 is 0. The average Bonchev–Trinajstić information content (AvgIpc) is 2.99. The lowest BCUT2D eigenvalue weighted by Gasteiger charge is -2.10. The second kappa shape index (κ2) is 7.98. The Bertz CT molecular complexity index is 681. The highest BCUT2D eigenvalue weighted by atomic mass is 16.5. The number of amides is 1. The first-order valence-corrected chi connectivity index (χ1v) is 7.37. The number of carbonyl (C=O) groups excluding carboxylic acids is 1. The van der Waals surface area contributed by atoms with E-state index in [9.17, 15) is 9.59 Å². The van der Waals surface area contributed by atoms with Crippen molar-refractivity contribution in [2.75, 3.05) is 11.9 Å². The normalized spacial score (nSPS) is 10.3. The van der Waals surface area contributed by atoms with E-state index in [0.717, 1.165) is 18.5 Å². The molecule has 0 radical (unpaired) electrons. The number of aryl methyl sites for hydroxylation is 1. The summed E-state index contributed by atoms with van der Waals surface area (Å²) in [4.78, 5) is 22.9. The van der Waals surface area contributed by atoms with Gasteiger partial charge in [-0.05, 0) is 18.6 Å². The van der Waals surface area contributed by atoms with Crippen molar-refractivity contribution in [3.8, 4) is 0 Å². The van der Waals surface area contributed by atoms with Gasteiger partial charge in [0.1, 0.15) is 6.54 Å². The van der Waals surface area contributed by atoms with Crippen LogP contribution in [0.3, 0.4) is 0 Å². The third-order valence-corrected chi connectivity index (χ3v) is 3.14. The van der Waals surface area contributed by atoms with Gasteiger partial charge in [-0.2, -0.15) is 0 Å². The van der Waals surface area contributed by atoms with Crippen molar-refractivity contribution in [2.24, 2.45) is 0 Å². The monoisotopic (exact) mass is 317 g/mol. The second-order valence-corrected chi connectivity index (χ2v) is 5.01. The number of aliphatic carboxylic acids is 1. The number of hydrogen-bond donors (Lipinski definition) is 3. The number of carboxylic acid groups (broad SMARTS) is 1. The minimum atomic E-state index is -0.995. The molecule has 2 rings (SSSR count). The summed E-state index contributed by atoms with van der Waals surface area (Å²) in [7, 11) is 0. The van der Waals surface area contributed by atoms with Crippen LogP contribution in [-0.2, 0) is 17.8 Å². The highest BCUT2D eigenvalue weighted by molar-refractivity contribution is 5.99. The molecule has 0 aliphatic carbocycles. The molecule has 1 aromatic heterocycles. The zero-order valence-corrected chi connectivity index (χ0v) is 12.8. The molecule has 0 fully saturated rings. The smallest absolute Gasteiger partial charge is 0.322 e. The van der Waals surface area contributed by atoms with Crippen molar-refractivity contribution in [3.05, 3.63) is 47.3 Å². The zero-order chi connectivity index (χ0) is 16.7. The molecule has 1 heterocycles. The van der Waals surface area contributed by atoms with Crippen molar-refractivity contribution in [3.63, 3.8) is 0 Å².